The number of para-hydroxylation sites is 2. The molecule has 13 rings (SSSR count). The molecule has 0 aliphatic heterocycles. The third-order valence-electron chi connectivity index (χ3n) is 13.2. The van der Waals surface area contributed by atoms with E-state index in [-0.39, 0.29) is 0 Å². The van der Waals surface area contributed by atoms with Crippen LogP contribution in [0.1, 0.15) is 0 Å². The van der Waals surface area contributed by atoms with E-state index in [2.05, 4.69) is 234 Å². The van der Waals surface area contributed by atoms with E-state index in [1.54, 1.807) is 0 Å². The summed E-state index contributed by atoms with van der Waals surface area (Å²) in [7, 11) is 0. The maximum Gasteiger partial charge on any atom is 0.238 e. The van der Waals surface area contributed by atoms with E-state index < -0.39 is 0 Å². The van der Waals surface area contributed by atoms with E-state index in [0.29, 0.717) is 17.6 Å². The van der Waals surface area contributed by atoms with Crippen LogP contribution in [-0.2, 0) is 0 Å². The van der Waals surface area contributed by atoms with Crippen molar-refractivity contribution in [2.45, 2.75) is 0 Å². The van der Waals surface area contributed by atoms with Crippen molar-refractivity contribution in [3.8, 4) is 78.9 Å². The van der Waals surface area contributed by atoms with E-state index in [9.17, 15) is 0 Å². The van der Waals surface area contributed by atoms with Crippen LogP contribution in [0, 0.1) is 0 Å². The highest BCUT2D eigenvalue weighted by Crippen LogP contribution is 2.44. The highest BCUT2D eigenvalue weighted by atomic mass is 15.2. The van der Waals surface area contributed by atoms with E-state index in [0.717, 1.165) is 93.8 Å². The first-order chi connectivity index (χ1) is 33.7. The van der Waals surface area contributed by atoms with Gasteiger partial charge in [-0.2, -0.15) is 9.97 Å². The third kappa shape index (κ3) is 6.68. The lowest BCUT2D eigenvalue weighted by atomic mass is 9.94. The molecule has 0 aliphatic rings. The van der Waals surface area contributed by atoms with Crippen LogP contribution in [0.5, 0.6) is 0 Å². The van der Waals surface area contributed by atoms with E-state index >= 15 is 0 Å². The normalized spacial score (nSPS) is 11.5. The molecule has 0 saturated heterocycles. The zero-order valence-electron chi connectivity index (χ0n) is 36.9. The van der Waals surface area contributed by atoms with Crippen LogP contribution in [0.3, 0.4) is 0 Å². The van der Waals surface area contributed by atoms with Crippen LogP contribution in [0.15, 0.2) is 249 Å². The summed E-state index contributed by atoms with van der Waals surface area (Å²) in [5, 5.41) is 4.53. The first-order valence-corrected chi connectivity index (χ1v) is 23.0. The highest BCUT2D eigenvalue weighted by molar-refractivity contribution is 6.24. The Hall–Kier alpha value is -9.19. The molecule has 3 heterocycles. The molecule has 0 fully saturated rings. The van der Waals surface area contributed by atoms with Crippen LogP contribution >= 0.6 is 0 Å². The molecule has 318 valence electrons. The van der Waals surface area contributed by atoms with Crippen LogP contribution in [0.25, 0.3) is 123 Å². The second-order valence-electron chi connectivity index (χ2n) is 17.2. The van der Waals surface area contributed by atoms with Gasteiger partial charge in [0, 0.05) is 38.2 Å². The Bertz CT molecular complexity index is 4010. The van der Waals surface area contributed by atoms with Crippen molar-refractivity contribution < 1.29 is 0 Å². The van der Waals surface area contributed by atoms with Gasteiger partial charge in [-0.1, -0.05) is 212 Å². The molecule has 0 aliphatic carbocycles. The van der Waals surface area contributed by atoms with Gasteiger partial charge < -0.3 is 4.57 Å². The van der Waals surface area contributed by atoms with Gasteiger partial charge in [-0.15, -0.1) is 0 Å². The molecular formula is C63H41N5. The van der Waals surface area contributed by atoms with Crippen molar-refractivity contribution in [3.63, 3.8) is 0 Å². The van der Waals surface area contributed by atoms with Gasteiger partial charge >= 0.3 is 0 Å². The molecule has 0 amide bonds. The van der Waals surface area contributed by atoms with Crippen molar-refractivity contribution in [2.24, 2.45) is 0 Å². The van der Waals surface area contributed by atoms with Crippen LogP contribution < -0.4 is 0 Å². The molecule has 0 unspecified atom stereocenters. The summed E-state index contributed by atoms with van der Waals surface area (Å²) in [5.74, 6) is 1.75. The standard InChI is InChI=1S/C63H41N5/c1-5-19-42(20-6-1)46-27-17-29-49(39-46)55-41-48(44-23-9-3-10-24-44)35-38-58(55)67-56-33-15-13-31-51(56)53-36-37-54-52-32-14-16-34-57(52)68(60(54)59(53)67)63-65-61(45-25-11-4-12-26-45)64-62(66-63)50-30-18-28-47(40-50)43-21-7-2-8-22-43/h1-41H. The van der Waals surface area contributed by atoms with Gasteiger partial charge in [-0.25, -0.2) is 4.98 Å². The summed E-state index contributed by atoms with van der Waals surface area (Å²) in [6, 6.07) is 88.3. The Balaban J connectivity index is 1.13. The first-order valence-electron chi connectivity index (χ1n) is 23.0. The second kappa shape index (κ2) is 16.4. The number of benzene rings is 10. The summed E-state index contributed by atoms with van der Waals surface area (Å²) >= 11 is 0. The molecule has 0 saturated carbocycles. The number of hydrogen-bond donors (Lipinski definition) is 0. The zero-order valence-corrected chi connectivity index (χ0v) is 36.9. The molecular weight excluding hydrogens is 827 g/mol. The van der Waals surface area contributed by atoms with Gasteiger partial charge in [0.25, 0.3) is 0 Å². The minimum Gasteiger partial charge on any atom is -0.307 e. The minimum atomic E-state index is 0.546. The SMILES string of the molecule is c1ccc(-c2cccc(-c3nc(-c4ccccc4)nc(-n4c5ccccc5c5ccc6c7ccccc7n(-c7ccc(-c8ccccc8)cc7-c7cccc(-c8ccccc8)c7)c6c54)n3)c2)cc1. The largest absolute Gasteiger partial charge is 0.307 e. The fourth-order valence-electron chi connectivity index (χ4n) is 10.0. The predicted molar refractivity (Wildman–Crippen MR) is 281 cm³/mol. The van der Waals surface area contributed by atoms with Gasteiger partial charge in [0.05, 0.1) is 27.8 Å². The van der Waals surface area contributed by atoms with Gasteiger partial charge in [0.2, 0.25) is 5.95 Å². The minimum absolute atomic E-state index is 0.546. The maximum atomic E-state index is 5.45. The van der Waals surface area contributed by atoms with Crippen molar-refractivity contribution >= 4 is 43.6 Å². The monoisotopic (exact) mass is 867 g/mol. The molecule has 3 aromatic heterocycles. The summed E-state index contributed by atoms with van der Waals surface area (Å²) in [6.07, 6.45) is 0. The Labute approximate surface area is 393 Å². The lowest BCUT2D eigenvalue weighted by Gasteiger charge is -2.18. The fraction of sp³-hybridized carbons (Fsp3) is 0. The second-order valence-corrected chi connectivity index (χ2v) is 17.2. The van der Waals surface area contributed by atoms with Gasteiger partial charge in [0.15, 0.2) is 11.6 Å². The first kappa shape index (κ1) is 39.2. The molecule has 0 spiro atoms. The smallest absolute Gasteiger partial charge is 0.238 e. The molecule has 68 heavy (non-hydrogen) atoms. The third-order valence-corrected chi connectivity index (χ3v) is 13.2. The lowest BCUT2D eigenvalue weighted by Crippen LogP contribution is -2.07. The molecule has 0 N–H and O–H groups in total. The van der Waals surface area contributed by atoms with Crippen molar-refractivity contribution in [3.05, 3.63) is 249 Å². The average molecular weight is 868 g/mol. The van der Waals surface area contributed by atoms with Gasteiger partial charge in [0.1, 0.15) is 0 Å². The van der Waals surface area contributed by atoms with Crippen LogP contribution in [0.4, 0.5) is 0 Å². The van der Waals surface area contributed by atoms with E-state index in [4.69, 9.17) is 15.0 Å². The average Bonchev–Trinajstić information content (AvgIpc) is 3.95. The molecule has 0 radical (unpaired) electrons. The van der Waals surface area contributed by atoms with E-state index in [1.807, 2.05) is 24.3 Å². The number of rotatable bonds is 8. The topological polar surface area (TPSA) is 48.5 Å². The number of fused-ring (bicyclic) bond motifs is 7. The number of aromatic nitrogens is 5. The zero-order chi connectivity index (χ0) is 45.0. The van der Waals surface area contributed by atoms with Crippen LogP contribution in [-0.4, -0.2) is 24.1 Å². The fourth-order valence-corrected chi connectivity index (χ4v) is 10.0. The maximum absolute atomic E-state index is 5.45. The van der Waals surface area contributed by atoms with Crippen molar-refractivity contribution in [1.29, 1.82) is 0 Å². The molecule has 10 aromatic carbocycles. The summed E-state index contributed by atoms with van der Waals surface area (Å²) in [5.41, 5.74) is 16.2. The van der Waals surface area contributed by atoms with Crippen molar-refractivity contribution in [2.75, 3.05) is 0 Å². The van der Waals surface area contributed by atoms with Crippen LogP contribution in [0.2, 0.25) is 0 Å². The Morgan fingerprint density at radius 3 is 1.24 bits per heavy atom. The Kier molecular flexibility index (Phi) is 9.43. The lowest BCUT2D eigenvalue weighted by molar-refractivity contribution is 0.953. The Morgan fingerprint density at radius 2 is 0.662 bits per heavy atom. The van der Waals surface area contributed by atoms with Crippen molar-refractivity contribution in [1.82, 2.24) is 24.1 Å². The molecule has 5 heteroatoms. The van der Waals surface area contributed by atoms with E-state index in [1.165, 1.54) is 11.1 Å². The number of hydrogen-bond acceptors (Lipinski definition) is 3. The predicted octanol–water partition coefficient (Wildman–Crippen LogP) is 16.1. The number of nitrogens with zero attached hydrogens (tertiary/aromatic N) is 5. The van der Waals surface area contributed by atoms with Gasteiger partial charge in [-0.05, 0) is 75.3 Å². The molecule has 5 nitrogen and oxygen atoms in total. The molecule has 13 aromatic rings. The van der Waals surface area contributed by atoms with Gasteiger partial charge in [-0.3, -0.25) is 4.57 Å². The summed E-state index contributed by atoms with van der Waals surface area (Å²) in [4.78, 5) is 16.1. The molecule has 0 bridgehead atoms. The summed E-state index contributed by atoms with van der Waals surface area (Å²) in [6.45, 7) is 0. The molecule has 0 atom stereocenters. The highest BCUT2D eigenvalue weighted by Gasteiger charge is 2.25. The Morgan fingerprint density at radius 1 is 0.250 bits per heavy atom. The quantitative estimate of drug-likeness (QED) is 0.153. The summed E-state index contributed by atoms with van der Waals surface area (Å²) < 4.78 is 4.75.